The summed E-state index contributed by atoms with van der Waals surface area (Å²) in [4.78, 5) is 4.06. The number of aliphatic hydroxyl groups excluding tert-OH is 1. The third kappa shape index (κ3) is 3.68. The monoisotopic (exact) mass is 246 g/mol. The zero-order chi connectivity index (χ0) is 12.8. The molecular formula is C14H18N2O2. The van der Waals surface area contributed by atoms with E-state index in [1.165, 1.54) is 0 Å². The van der Waals surface area contributed by atoms with Gasteiger partial charge in [0, 0.05) is 25.0 Å². The SMILES string of the molecule is CC(CC(O)c1ccco1)NCc1cccnc1. The summed E-state index contributed by atoms with van der Waals surface area (Å²) in [7, 11) is 0. The van der Waals surface area contributed by atoms with Crippen molar-refractivity contribution in [1.29, 1.82) is 0 Å². The van der Waals surface area contributed by atoms with Crippen molar-refractivity contribution in [2.75, 3.05) is 0 Å². The summed E-state index contributed by atoms with van der Waals surface area (Å²) in [5.41, 5.74) is 1.14. The Balaban J connectivity index is 1.77. The maximum Gasteiger partial charge on any atom is 0.132 e. The van der Waals surface area contributed by atoms with Crippen molar-refractivity contribution in [2.24, 2.45) is 0 Å². The molecule has 0 saturated carbocycles. The second-order valence-electron chi connectivity index (χ2n) is 4.41. The molecule has 18 heavy (non-hydrogen) atoms. The van der Waals surface area contributed by atoms with Gasteiger partial charge in [0.25, 0.3) is 0 Å². The minimum absolute atomic E-state index is 0.199. The van der Waals surface area contributed by atoms with Crippen molar-refractivity contribution >= 4 is 0 Å². The molecule has 0 spiro atoms. The van der Waals surface area contributed by atoms with Crippen LogP contribution in [0.1, 0.15) is 30.8 Å². The lowest BCUT2D eigenvalue weighted by Gasteiger charge is -2.16. The summed E-state index contributed by atoms with van der Waals surface area (Å²) in [6.07, 6.45) is 5.23. The fourth-order valence-corrected chi connectivity index (χ4v) is 1.81. The molecule has 0 aliphatic rings. The molecular weight excluding hydrogens is 228 g/mol. The highest BCUT2D eigenvalue weighted by molar-refractivity contribution is 5.08. The first kappa shape index (κ1) is 12.8. The molecule has 0 aliphatic heterocycles. The Morgan fingerprint density at radius 2 is 2.28 bits per heavy atom. The Bertz CT molecular complexity index is 442. The lowest BCUT2D eigenvalue weighted by Crippen LogP contribution is -2.27. The molecule has 4 nitrogen and oxygen atoms in total. The first-order valence-corrected chi connectivity index (χ1v) is 6.09. The highest BCUT2D eigenvalue weighted by Gasteiger charge is 2.14. The van der Waals surface area contributed by atoms with Gasteiger partial charge in [-0.25, -0.2) is 0 Å². The molecule has 2 unspecified atom stereocenters. The average Bonchev–Trinajstić information content (AvgIpc) is 2.91. The maximum atomic E-state index is 9.93. The van der Waals surface area contributed by atoms with Crippen molar-refractivity contribution in [3.8, 4) is 0 Å². The van der Waals surface area contributed by atoms with Crippen molar-refractivity contribution < 1.29 is 9.52 Å². The molecule has 2 N–H and O–H groups in total. The first-order chi connectivity index (χ1) is 8.75. The number of hydrogen-bond acceptors (Lipinski definition) is 4. The van der Waals surface area contributed by atoms with Gasteiger partial charge in [-0.1, -0.05) is 6.07 Å². The molecule has 2 rings (SSSR count). The molecule has 0 fully saturated rings. The Hall–Kier alpha value is -1.65. The van der Waals surface area contributed by atoms with Gasteiger partial charge >= 0.3 is 0 Å². The molecule has 96 valence electrons. The standard InChI is InChI=1S/C14H18N2O2/c1-11(8-13(17)14-5-3-7-18-14)16-10-12-4-2-6-15-9-12/h2-7,9,11,13,16-17H,8,10H2,1H3. The molecule has 2 aromatic heterocycles. The molecule has 2 aromatic rings. The van der Waals surface area contributed by atoms with Crippen molar-refractivity contribution in [1.82, 2.24) is 10.3 Å². The van der Waals surface area contributed by atoms with E-state index in [9.17, 15) is 5.11 Å². The van der Waals surface area contributed by atoms with E-state index in [1.807, 2.05) is 25.3 Å². The lowest BCUT2D eigenvalue weighted by molar-refractivity contribution is 0.128. The van der Waals surface area contributed by atoms with E-state index >= 15 is 0 Å². The van der Waals surface area contributed by atoms with E-state index in [1.54, 1.807) is 24.6 Å². The fraction of sp³-hybridized carbons (Fsp3) is 0.357. The van der Waals surface area contributed by atoms with Crippen LogP contribution in [0.2, 0.25) is 0 Å². The van der Waals surface area contributed by atoms with Crippen LogP contribution in [0.5, 0.6) is 0 Å². The summed E-state index contributed by atoms with van der Waals surface area (Å²) in [5, 5.41) is 13.3. The quantitative estimate of drug-likeness (QED) is 0.821. The molecule has 4 heteroatoms. The van der Waals surface area contributed by atoms with Gasteiger partial charge in [0.15, 0.2) is 0 Å². The van der Waals surface area contributed by atoms with Crippen LogP contribution in [-0.4, -0.2) is 16.1 Å². The van der Waals surface area contributed by atoms with Crippen LogP contribution in [0.15, 0.2) is 47.3 Å². The van der Waals surface area contributed by atoms with E-state index in [-0.39, 0.29) is 6.04 Å². The summed E-state index contributed by atoms with van der Waals surface area (Å²) < 4.78 is 5.17. The number of pyridine rings is 1. The summed E-state index contributed by atoms with van der Waals surface area (Å²) in [6.45, 7) is 2.79. The minimum atomic E-state index is -0.559. The lowest BCUT2D eigenvalue weighted by atomic mass is 10.1. The summed E-state index contributed by atoms with van der Waals surface area (Å²) in [6, 6.07) is 7.71. The number of furan rings is 1. The Labute approximate surface area is 107 Å². The van der Waals surface area contributed by atoms with Crippen LogP contribution < -0.4 is 5.32 Å². The molecule has 0 saturated heterocycles. The number of nitrogens with one attached hydrogen (secondary N) is 1. The van der Waals surface area contributed by atoms with Crippen molar-refractivity contribution in [3.63, 3.8) is 0 Å². The maximum absolute atomic E-state index is 9.93. The highest BCUT2D eigenvalue weighted by atomic mass is 16.4. The van der Waals surface area contributed by atoms with E-state index in [4.69, 9.17) is 4.42 Å². The zero-order valence-corrected chi connectivity index (χ0v) is 10.4. The Morgan fingerprint density at radius 1 is 1.39 bits per heavy atom. The van der Waals surface area contributed by atoms with Crippen LogP contribution in [0.4, 0.5) is 0 Å². The van der Waals surface area contributed by atoms with Crippen LogP contribution >= 0.6 is 0 Å². The van der Waals surface area contributed by atoms with Gasteiger partial charge in [0.1, 0.15) is 11.9 Å². The molecule has 0 bridgehead atoms. The Kier molecular flexibility index (Phi) is 4.50. The second-order valence-corrected chi connectivity index (χ2v) is 4.41. The predicted molar refractivity (Wildman–Crippen MR) is 68.8 cm³/mol. The molecule has 0 amide bonds. The molecule has 0 aromatic carbocycles. The molecule has 2 heterocycles. The van der Waals surface area contributed by atoms with Crippen molar-refractivity contribution in [3.05, 3.63) is 54.2 Å². The van der Waals surface area contributed by atoms with Gasteiger partial charge < -0.3 is 14.8 Å². The van der Waals surface area contributed by atoms with Crippen molar-refractivity contribution in [2.45, 2.75) is 32.0 Å². The topological polar surface area (TPSA) is 58.3 Å². The van der Waals surface area contributed by atoms with E-state index in [0.717, 1.165) is 12.1 Å². The van der Waals surface area contributed by atoms with Gasteiger partial charge in [0.05, 0.1) is 6.26 Å². The first-order valence-electron chi connectivity index (χ1n) is 6.09. The van der Waals surface area contributed by atoms with E-state index in [2.05, 4.69) is 10.3 Å². The van der Waals surface area contributed by atoms with Crippen LogP contribution in [0, 0.1) is 0 Å². The third-order valence-corrected chi connectivity index (χ3v) is 2.83. The van der Waals surface area contributed by atoms with Gasteiger partial charge in [-0.15, -0.1) is 0 Å². The van der Waals surface area contributed by atoms with E-state index in [0.29, 0.717) is 12.2 Å². The fourth-order valence-electron chi connectivity index (χ4n) is 1.81. The van der Waals surface area contributed by atoms with Gasteiger partial charge in [-0.2, -0.15) is 0 Å². The number of aromatic nitrogens is 1. The molecule has 0 aliphatic carbocycles. The number of hydrogen-bond donors (Lipinski definition) is 2. The number of rotatable bonds is 6. The minimum Gasteiger partial charge on any atom is -0.467 e. The summed E-state index contributed by atoms with van der Waals surface area (Å²) >= 11 is 0. The third-order valence-electron chi connectivity index (χ3n) is 2.83. The molecule has 0 radical (unpaired) electrons. The smallest absolute Gasteiger partial charge is 0.132 e. The average molecular weight is 246 g/mol. The summed E-state index contributed by atoms with van der Waals surface area (Å²) in [5.74, 6) is 0.616. The number of nitrogens with zero attached hydrogens (tertiary/aromatic N) is 1. The van der Waals surface area contributed by atoms with Crippen LogP contribution in [-0.2, 0) is 6.54 Å². The van der Waals surface area contributed by atoms with Crippen LogP contribution in [0.25, 0.3) is 0 Å². The normalized spacial score (nSPS) is 14.3. The largest absolute Gasteiger partial charge is 0.467 e. The second kappa shape index (κ2) is 6.33. The number of aliphatic hydroxyl groups is 1. The van der Waals surface area contributed by atoms with E-state index < -0.39 is 6.10 Å². The van der Waals surface area contributed by atoms with Crippen LogP contribution in [0.3, 0.4) is 0 Å². The van der Waals surface area contributed by atoms with Gasteiger partial charge in [0.2, 0.25) is 0 Å². The van der Waals surface area contributed by atoms with Gasteiger partial charge in [-0.3, -0.25) is 4.98 Å². The predicted octanol–water partition coefficient (Wildman–Crippen LogP) is 2.28. The zero-order valence-electron chi connectivity index (χ0n) is 10.4. The molecule has 2 atom stereocenters. The highest BCUT2D eigenvalue weighted by Crippen LogP contribution is 2.18. The van der Waals surface area contributed by atoms with Gasteiger partial charge in [-0.05, 0) is 37.1 Å². The Morgan fingerprint density at radius 3 is 2.94 bits per heavy atom.